The molecule has 0 aliphatic heterocycles. The molecule has 0 saturated carbocycles. The predicted octanol–water partition coefficient (Wildman–Crippen LogP) is 2.83. The average Bonchev–Trinajstić information content (AvgIpc) is 2.39. The Kier molecular flexibility index (Phi) is 7.14. The molecule has 0 bridgehead atoms. The Bertz CT molecular complexity index is 477. The van der Waals surface area contributed by atoms with Gasteiger partial charge in [0, 0.05) is 16.6 Å². The number of nitrogens with one attached hydrogen (secondary N) is 2. The second-order valence-corrected chi connectivity index (χ2v) is 4.81. The lowest BCUT2D eigenvalue weighted by Crippen LogP contribution is -2.31. The Balaban J connectivity index is 2.66. The molecule has 6 heteroatoms. The first-order chi connectivity index (χ1) is 9.17. The van der Waals surface area contributed by atoms with Gasteiger partial charge in [0.1, 0.15) is 5.75 Å². The molecule has 1 aromatic carbocycles. The van der Waals surface area contributed by atoms with Crippen molar-refractivity contribution in [3.8, 4) is 5.75 Å². The number of halogens is 1. The molecule has 0 aliphatic carbocycles. The summed E-state index contributed by atoms with van der Waals surface area (Å²) in [7, 11) is 0. The molecular formula is C13H16BrN3OS. The highest BCUT2D eigenvalue weighted by Gasteiger charge is 2.01. The van der Waals surface area contributed by atoms with Crippen LogP contribution in [0.5, 0.6) is 5.75 Å². The van der Waals surface area contributed by atoms with Crippen molar-refractivity contribution in [3.63, 3.8) is 0 Å². The molecule has 0 radical (unpaired) electrons. The number of benzene rings is 1. The maximum absolute atomic E-state index is 5.51. The van der Waals surface area contributed by atoms with Gasteiger partial charge in [-0.25, -0.2) is 0 Å². The van der Waals surface area contributed by atoms with Gasteiger partial charge in [0.2, 0.25) is 0 Å². The van der Waals surface area contributed by atoms with Crippen molar-refractivity contribution >= 4 is 39.5 Å². The second kappa shape index (κ2) is 8.66. The molecule has 4 nitrogen and oxygen atoms in total. The molecule has 1 aromatic rings. The van der Waals surface area contributed by atoms with Crippen LogP contribution >= 0.6 is 28.1 Å². The predicted molar refractivity (Wildman–Crippen MR) is 86.8 cm³/mol. The number of rotatable bonds is 6. The summed E-state index contributed by atoms with van der Waals surface area (Å²) in [5.41, 5.74) is 3.60. The van der Waals surface area contributed by atoms with Gasteiger partial charge in [-0.2, -0.15) is 5.10 Å². The van der Waals surface area contributed by atoms with Gasteiger partial charge in [-0.15, -0.1) is 6.58 Å². The third-order valence-electron chi connectivity index (χ3n) is 2.05. The number of hydrogen-bond acceptors (Lipinski definition) is 3. The smallest absolute Gasteiger partial charge is 0.187 e. The molecule has 0 unspecified atom stereocenters. The lowest BCUT2D eigenvalue weighted by atomic mass is 10.2. The number of ether oxygens (including phenoxy) is 1. The molecule has 0 spiro atoms. The molecule has 0 amide bonds. The van der Waals surface area contributed by atoms with E-state index in [0.29, 0.717) is 18.3 Å². The lowest BCUT2D eigenvalue weighted by Gasteiger charge is -2.07. The monoisotopic (exact) mass is 341 g/mol. The summed E-state index contributed by atoms with van der Waals surface area (Å²) < 4.78 is 6.48. The first-order valence-corrected chi connectivity index (χ1v) is 6.97. The van der Waals surface area contributed by atoms with Gasteiger partial charge in [-0.1, -0.05) is 22.0 Å². The first kappa shape index (κ1) is 15.7. The Morgan fingerprint density at radius 1 is 1.58 bits per heavy atom. The van der Waals surface area contributed by atoms with Crippen LogP contribution in [0.2, 0.25) is 0 Å². The highest BCUT2D eigenvalue weighted by molar-refractivity contribution is 9.10. The van der Waals surface area contributed by atoms with Crippen molar-refractivity contribution in [3.05, 3.63) is 40.9 Å². The third kappa shape index (κ3) is 5.85. The van der Waals surface area contributed by atoms with E-state index in [-0.39, 0.29) is 0 Å². The molecule has 102 valence electrons. The van der Waals surface area contributed by atoms with E-state index in [1.165, 1.54) is 0 Å². The van der Waals surface area contributed by atoms with E-state index in [1.807, 2.05) is 25.1 Å². The van der Waals surface area contributed by atoms with Crippen molar-refractivity contribution in [1.29, 1.82) is 0 Å². The molecule has 1 rings (SSSR count). The van der Waals surface area contributed by atoms with E-state index in [4.69, 9.17) is 17.0 Å². The Labute approximate surface area is 127 Å². The topological polar surface area (TPSA) is 45.7 Å². The molecule has 0 aliphatic rings. The molecule has 19 heavy (non-hydrogen) atoms. The zero-order chi connectivity index (χ0) is 14.1. The number of nitrogens with zero attached hydrogens (tertiary/aromatic N) is 1. The van der Waals surface area contributed by atoms with Crippen LogP contribution in [0.4, 0.5) is 0 Å². The van der Waals surface area contributed by atoms with E-state index < -0.39 is 0 Å². The second-order valence-electron chi connectivity index (χ2n) is 3.48. The van der Waals surface area contributed by atoms with Gasteiger partial charge in [-0.05, 0) is 37.3 Å². The van der Waals surface area contributed by atoms with Crippen molar-refractivity contribution in [2.45, 2.75) is 6.92 Å². The van der Waals surface area contributed by atoms with Crippen molar-refractivity contribution in [2.24, 2.45) is 5.10 Å². The summed E-state index contributed by atoms with van der Waals surface area (Å²) in [6, 6.07) is 5.74. The minimum atomic E-state index is 0.448. The van der Waals surface area contributed by atoms with E-state index in [9.17, 15) is 0 Å². The van der Waals surface area contributed by atoms with Crippen LogP contribution in [0, 0.1) is 0 Å². The Morgan fingerprint density at radius 3 is 3.05 bits per heavy atom. The van der Waals surface area contributed by atoms with E-state index in [0.717, 1.165) is 15.8 Å². The number of hydrazone groups is 1. The summed E-state index contributed by atoms with van der Waals surface area (Å²) in [6.45, 7) is 6.74. The van der Waals surface area contributed by atoms with Crippen molar-refractivity contribution in [2.75, 3.05) is 13.2 Å². The standard InChI is InChI=1S/C13H16BrN3OS/c1-3-7-15-13(19)17-16-9-10-8-11(14)5-6-12(10)18-4-2/h3,5-6,8-9H,1,4,7H2,2H3,(H2,15,17,19). The minimum Gasteiger partial charge on any atom is -0.493 e. The van der Waals surface area contributed by atoms with Crippen LogP contribution in [0.25, 0.3) is 0 Å². The van der Waals surface area contributed by atoms with Crippen LogP contribution in [0.1, 0.15) is 12.5 Å². The third-order valence-corrected chi connectivity index (χ3v) is 2.78. The lowest BCUT2D eigenvalue weighted by molar-refractivity contribution is 0.339. The van der Waals surface area contributed by atoms with E-state index in [2.05, 4.69) is 38.4 Å². The molecule has 0 atom stereocenters. The minimum absolute atomic E-state index is 0.448. The van der Waals surface area contributed by atoms with Crippen LogP contribution in [-0.4, -0.2) is 24.5 Å². The zero-order valence-electron chi connectivity index (χ0n) is 10.6. The highest BCUT2D eigenvalue weighted by atomic mass is 79.9. The quantitative estimate of drug-likeness (QED) is 0.361. The van der Waals surface area contributed by atoms with Crippen LogP contribution in [-0.2, 0) is 0 Å². The van der Waals surface area contributed by atoms with Gasteiger partial charge in [0.05, 0.1) is 12.8 Å². The molecule has 0 fully saturated rings. The fourth-order valence-corrected chi connectivity index (χ4v) is 1.79. The average molecular weight is 342 g/mol. The van der Waals surface area contributed by atoms with Crippen LogP contribution in [0.15, 0.2) is 40.4 Å². The first-order valence-electron chi connectivity index (χ1n) is 5.77. The largest absolute Gasteiger partial charge is 0.493 e. The normalized spacial score (nSPS) is 10.2. The maximum Gasteiger partial charge on any atom is 0.187 e. The van der Waals surface area contributed by atoms with E-state index >= 15 is 0 Å². The molecule has 0 saturated heterocycles. The summed E-state index contributed by atoms with van der Waals surface area (Å²) in [5, 5.41) is 7.43. The summed E-state index contributed by atoms with van der Waals surface area (Å²) in [4.78, 5) is 0. The van der Waals surface area contributed by atoms with Gasteiger partial charge in [0.25, 0.3) is 0 Å². The number of thiocarbonyl (C=S) groups is 1. The van der Waals surface area contributed by atoms with Crippen LogP contribution in [0.3, 0.4) is 0 Å². The van der Waals surface area contributed by atoms with Crippen molar-refractivity contribution < 1.29 is 4.74 Å². The van der Waals surface area contributed by atoms with Gasteiger partial charge in [-0.3, -0.25) is 5.43 Å². The Hall–Kier alpha value is -1.40. The van der Waals surface area contributed by atoms with Crippen LogP contribution < -0.4 is 15.5 Å². The maximum atomic E-state index is 5.51. The molecule has 0 heterocycles. The molecule has 2 N–H and O–H groups in total. The van der Waals surface area contributed by atoms with Gasteiger partial charge >= 0.3 is 0 Å². The summed E-state index contributed by atoms with van der Waals surface area (Å²) in [5.74, 6) is 0.779. The zero-order valence-corrected chi connectivity index (χ0v) is 13.1. The van der Waals surface area contributed by atoms with E-state index in [1.54, 1.807) is 12.3 Å². The van der Waals surface area contributed by atoms with Gasteiger partial charge < -0.3 is 10.1 Å². The fourth-order valence-electron chi connectivity index (χ4n) is 1.27. The molecular weight excluding hydrogens is 326 g/mol. The summed E-state index contributed by atoms with van der Waals surface area (Å²) in [6.07, 6.45) is 3.39. The highest BCUT2D eigenvalue weighted by Crippen LogP contribution is 2.21. The fraction of sp³-hybridized carbons (Fsp3) is 0.231. The molecule has 0 aromatic heterocycles. The van der Waals surface area contributed by atoms with Crippen molar-refractivity contribution in [1.82, 2.24) is 10.7 Å². The summed E-state index contributed by atoms with van der Waals surface area (Å²) >= 11 is 8.44. The SMILES string of the molecule is C=CCNC(=S)NN=Cc1cc(Br)ccc1OCC. The van der Waals surface area contributed by atoms with Gasteiger partial charge in [0.15, 0.2) is 5.11 Å². The number of hydrogen-bond donors (Lipinski definition) is 2. The Morgan fingerprint density at radius 2 is 2.37 bits per heavy atom.